The van der Waals surface area contributed by atoms with E-state index >= 15 is 0 Å². The van der Waals surface area contributed by atoms with Gasteiger partial charge in [0.2, 0.25) is 4.96 Å². The number of hydrogen-bond donors (Lipinski definition) is 2. The zero-order valence-corrected chi connectivity index (χ0v) is 19.4. The molecule has 2 N–H and O–H groups in total. The number of amides is 1. The molecular formula is C20H17BrN6OS2. The van der Waals surface area contributed by atoms with Crippen LogP contribution in [0.1, 0.15) is 28.7 Å². The van der Waals surface area contributed by atoms with Gasteiger partial charge >= 0.3 is 0 Å². The predicted octanol–water partition coefficient (Wildman–Crippen LogP) is 4.61. The van der Waals surface area contributed by atoms with E-state index in [4.69, 9.17) is 12.2 Å². The minimum absolute atomic E-state index is 0.238. The Morgan fingerprint density at radius 1 is 1.23 bits per heavy atom. The summed E-state index contributed by atoms with van der Waals surface area (Å²) in [6.07, 6.45) is 0.773. The number of nitrogens with zero attached hydrogens (tertiary/aromatic N) is 4. The fourth-order valence-electron chi connectivity index (χ4n) is 2.89. The number of aryl methyl sites for hydroxylation is 2. The van der Waals surface area contributed by atoms with E-state index in [1.165, 1.54) is 11.3 Å². The third-order valence-corrected chi connectivity index (χ3v) is 6.05. The molecule has 0 aliphatic heterocycles. The van der Waals surface area contributed by atoms with E-state index in [0.717, 1.165) is 43.5 Å². The summed E-state index contributed by atoms with van der Waals surface area (Å²) in [5.41, 5.74) is 3.30. The molecule has 0 radical (unpaired) electrons. The molecule has 152 valence electrons. The van der Waals surface area contributed by atoms with Crippen molar-refractivity contribution in [2.24, 2.45) is 0 Å². The molecule has 0 spiro atoms. The van der Waals surface area contributed by atoms with Gasteiger partial charge in [0, 0.05) is 27.7 Å². The lowest BCUT2D eigenvalue weighted by molar-refractivity contribution is 0.0977. The summed E-state index contributed by atoms with van der Waals surface area (Å²) in [7, 11) is 0. The molecule has 7 nitrogen and oxygen atoms in total. The van der Waals surface area contributed by atoms with E-state index in [1.807, 2.05) is 38.1 Å². The van der Waals surface area contributed by atoms with Crippen LogP contribution >= 0.6 is 39.5 Å². The van der Waals surface area contributed by atoms with Gasteiger partial charge in [-0.25, -0.2) is 0 Å². The lowest BCUT2D eigenvalue weighted by atomic mass is 10.1. The highest BCUT2D eigenvalue weighted by Gasteiger charge is 2.13. The molecule has 2 aromatic heterocycles. The van der Waals surface area contributed by atoms with Crippen LogP contribution in [-0.4, -0.2) is 30.8 Å². The zero-order valence-electron chi connectivity index (χ0n) is 16.1. The minimum atomic E-state index is -0.269. The Kier molecular flexibility index (Phi) is 5.89. The van der Waals surface area contributed by atoms with E-state index in [1.54, 1.807) is 22.7 Å². The van der Waals surface area contributed by atoms with Crippen LogP contribution in [0.2, 0.25) is 0 Å². The normalized spacial score (nSPS) is 10.9. The first kappa shape index (κ1) is 20.6. The molecule has 4 rings (SSSR count). The number of nitrogens with one attached hydrogen (secondary N) is 2. The first-order valence-electron chi connectivity index (χ1n) is 9.14. The van der Waals surface area contributed by atoms with Crippen LogP contribution < -0.4 is 10.6 Å². The Bertz CT molecular complexity index is 1270. The van der Waals surface area contributed by atoms with Crippen molar-refractivity contribution in [3.8, 4) is 10.6 Å². The highest BCUT2D eigenvalue weighted by molar-refractivity contribution is 9.10. The van der Waals surface area contributed by atoms with Crippen molar-refractivity contribution < 1.29 is 4.79 Å². The maximum atomic E-state index is 12.4. The molecule has 0 bridgehead atoms. The number of fused-ring (bicyclic) bond motifs is 1. The second-order valence-electron chi connectivity index (χ2n) is 6.52. The molecular weight excluding hydrogens is 484 g/mol. The SMILES string of the molecule is CCc1nnc2sc(-c3ccc(NC(=S)NC(=O)c4cccc(Br)c4)c(C)c3)nn12. The number of benzene rings is 2. The molecule has 1 amide bonds. The highest BCUT2D eigenvalue weighted by atomic mass is 79.9. The largest absolute Gasteiger partial charge is 0.332 e. The summed E-state index contributed by atoms with van der Waals surface area (Å²) in [5.74, 6) is 0.573. The maximum Gasteiger partial charge on any atom is 0.257 e. The number of thiocarbonyl (C=S) groups is 1. The van der Waals surface area contributed by atoms with Crippen LogP contribution in [0.15, 0.2) is 46.9 Å². The maximum absolute atomic E-state index is 12.4. The number of aromatic nitrogens is 4. The third kappa shape index (κ3) is 4.25. The molecule has 0 atom stereocenters. The molecule has 2 aromatic carbocycles. The molecule has 0 saturated carbocycles. The molecule has 0 aliphatic carbocycles. The van der Waals surface area contributed by atoms with Crippen molar-refractivity contribution in [2.75, 3.05) is 5.32 Å². The molecule has 0 aliphatic rings. The van der Waals surface area contributed by atoms with Crippen molar-refractivity contribution in [1.82, 2.24) is 25.1 Å². The van der Waals surface area contributed by atoms with Gasteiger partial charge < -0.3 is 5.32 Å². The Labute approximate surface area is 190 Å². The molecule has 0 saturated heterocycles. The lowest BCUT2D eigenvalue weighted by Crippen LogP contribution is -2.34. The monoisotopic (exact) mass is 500 g/mol. The molecule has 0 unspecified atom stereocenters. The number of anilines is 1. The molecule has 4 aromatic rings. The standard InChI is InChI=1S/C20H17BrN6OS2/c1-3-16-24-25-20-27(16)26-18(30-20)13-7-8-15(11(2)9-13)22-19(29)23-17(28)12-5-4-6-14(21)10-12/h4-10H,3H2,1-2H3,(H2,22,23,28,29). The van der Waals surface area contributed by atoms with E-state index in [2.05, 4.69) is 41.9 Å². The first-order valence-corrected chi connectivity index (χ1v) is 11.2. The quantitative estimate of drug-likeness (QED) is 0.398. The topological polar surface area (TPSA) is 84.2 Å². The zero-order chi connectivity index (χ0) is 21.3. The second kappa shape index (κ2) is 8.58. The van der Waals surface area contributed by atoms with Crippen molar-refractivity contribution in [3.05, 3.63) is 63.9 Å². The van der Waals surface area contributed by atoms with Gasteiger partial charge in [-0.2, -0.15) is 9.61 Å². The lowest BCUT2D eigenvalue weighted by Gasteiger charge is -2.12. The summed E-state index contributed by atoms with van der Waals surface area (Å²) in [5, 5.41) is 19.8. The van der Waals surface area contributed by atoms with Gasteiger partial charge in [-0.1, -0.05) is 40.3 Å². The fourth-order valence-corrected chi connectivity index (χ4v) is 4.35. The summed E-state index contributed by atoms with van der Waals surface area (Å²) in [6.45, 7) is 4.00. The molecule has 2 heterocycles. The van der Waals surface area contributed by atoms with Gasteiger partial charge in [-0.3, -0.25) is 10.1 Å². The Balaban J connectivity index is 1.48. The van der Waals surface area contributed by atoms with E-state index in [-0.39, 0.29) is 11.0 Å². The van der Waals surface area contributed by atoms with Crippen LogP contribution in [0.25, 0.3) is 15.5 Å². The second-order valence-corrected chi connectivity index (χ2v) is 8.80. The van der Waals surface area contributed by atoms with Crippen LogP contribution in [0.5, 0.6) is 0 Å². The number of rotatable bonds is 4. The summed E-state index contributed by atoms with van der Waals surface area (Å²) in [6, 6.07) is 13.0. The van der Waals surface area contributed by atoms with Crippen LogP contribution in [0.3, 0.4) is 0 Å². The predicted molar refractivity (Wildman–Crippen MR) is 126 cm³/mol. The Morgan fingerprint density at radius 3 is 2.80 bits per heavy atom. The van der Waals surface area contributed by atoms with Crippen molar-refractivity contribution >= 4 is 61.2 Å². The van der Waals surface area contributed by atoms with Crippen molar-refractivity contribution in [1.29, 1.82) is 0 Å². The van der Waals surface area contributed by atoms with Crippen molar-refractivity contribution in [3.63, 3.8) is 0 Å². The molecule has 10 heteroatoms. The molecule has 30 heavy (non-hydrogen) atoms. The highest BCUT2D eigenvalue weighted by Crippen LogP contribution is 2.28. The Morgan fingerprint density at radius 2 is 2.07 bits per heavy atom. The summed E-state index contributed by atoms with van der Waals surface area (Å²) >= 11 is 10.2. The number of carbonyl (C=O) groups excluding carboxylic acids is 1. The third-order valence-electron chi connectivity index (χ3n) is 4.41. The number of halogens is 1. The van der Waals surface area contributed by atoms with E-state index in [9.17, 15) is 4.79 Å². The average molecular weight is 501 g/mol. The smallest absolute Gasteiger partial charge is 0.257 e. The van der Waals surface area contributed by atoms with Crippen LogP contribution in [-0.2, 0) is 6.42 Å². The van der Waals surface area contributed by atoms with Gasteiger partial charge in [-0.15, -0.1) is 10.2 Å². The van der Waals surface area contributed by atoms with Crippen LogP contribution in [0, 0.1) is 6.92 Å². The summed E-state index contributed by atoms with van der Waals surface area (Å²) in [4.78, 5) is 13.1. The number of hydrogen-bond acceptors (Lipinski definition) is 6. The Hall–Kier alpha value is -2.69. The molecule has 0 fully saturated rings. The summed E-state index contributed by atoms with van der Waals surface area (Å²) < 4.78 is 2.62. The first-order chi connectivity index (χ1) is 14.4. The fraction of sp³-hybridized carbons (Fsp3) is 0.150. The van der Waals surface area contributed by atoms with Gasteiger partial charge in [0.05, 0.1) is 0 Å². The van der Waals surface area contributed by atoms with E-state index in [0.29, 0.717) is 5.56 Å². The van der Waals surface area contributed by atoms with Gasteiger partial charge in [-0.05, 0) is 61.1 Å². The number of carbonyl (C=O) groups is 1. The van der Waals surface area contributed by atoms with Gasteiger partial charge in [0.25, 0.3) is 5.91 Å². The van der Waals surface area contributed by atoms with Crippen molar-refractivity contribution in [2.45, 2.75) is 20.3 Å². The van der Waals surface area contributed by atoms with Gasteiger partial charge in [0.15, 0.2) is 10.9 Å². The average Bonchev–Trinajstić information content (AvgIpc) is 3.30. The van der Waals surface area contributed by atoms with E-state index < -0.39 is 0 Å². The minimum Gasteiger partial charge on any atom is -0.332 e. The van der Waals surface area contributed by atoms with Gasteiger partial charge in [0.1, 0.15) is 5.01 Å². The van der Waals surface area contributed by atoms with Crippen LogP contribution in [0.4, 0.5) is 5.69 Å².